The summed E-state index contributed by atoms with van der Waals surface area (Å²) in [5, 5.41) is 2.01. The molecule has 15 heavy (non-hydrogen) atoms. The van der Waals surface area contributed by atoms with E-state index in [9.17, 15) is 4.79 Å². The molecule has 1 atom stereocenters. The van der Waals surface area contributed by atoms with Gasteiger partial charge in [0.1, 0.15) is 6.61 Å². The number of hydrogen-bond acceptors (Lipinski definition) is 4. The van der Waals surface area contributed by atoms with Crippen molar-refractivity contribution >= 4 is 17.2 Å². The van der Waals surface area contributed by atoms with Crippen molar-refractivity contribution in [1.82, 2.24) is 5.48 Å². The average molecular weight is 228 g/mol. The van der Waals surface area contributed by atoms with E-state index in [1.165, 1.54) is 4.88 Å². The topological polar surface area (TPSA) is 64.3 Å². The molecule has 0 aliphatic rings. The lowest BCUT2D eigenvalue weighted by Gasteiger charge is -2.20. The van der Waals surface area contributed by atoms with Gasteiger partial charge in [0.2, 0.25) is 5.91 Å². The molecule has 3 N–H and O–H groups in total. The molecule has 4 nitrogen and oxygen atoms in total. The van der Waals surface area contributed by atoms with Crippen LogP contribution in [0.15, 0.2) is 17.5 Å². The Bertz CT molecular complexity index is 298. The summed E-state index contributed by atoms with van der Waals surface area (Å²) in [6.07, 6.45) is 0. The first kappa shape index (κ1) is 12.2. The Morgan fingerprint density at radius 2 is 2.40 bits per heavy atom. The highest BCUT2D eigenvalue weighted by atomic mass is 32.1. The number of carbonyl (C=O) groups excluding carboxylic acids is 1. The van der Waals surface area contributed by atoms with Crippen molar-refractivity contribution in [1.29, 1.82) is 0 Å². The monoisotopic (exact) mass is 228 g/mol. The molecular formula is C10H16N2O2S. The maximum atomic E-state index is 10.5. The zero-order valence-corrected chi connectivity index (χ0v) is 9.71. The number of thiophene rings is 1. The maximum Gasteiger partial charge on any atom is 0.245 e. The van der Waals surface area contributed by atoms with Crippen molar-refractivity contribution in [2.45, 2.75) is 19.9 Å². The van der Waals surface area contributed by atoms with Gasteiger partial charge in [0.25, 0.3) is 0 Å². The number of hydrogen-bond donors (Lipinski definition) is 2. The van der Waals surface area contributed by atoms with Gasteiger partial charge in [0.15, 0.2) is 0 Å². The number of primary amides is 1. The third-order valence-electron chi connectivity index (χ3n) is 1.94. The second-order valence-corrected chi connectivity index (χ2v) is 4.59. The molecule has 1 heterocycles. The van der Waals surface area contributed by atoms with Gasteiger partial charge in [-0.2, -0.15) is 5.48 Å². The Balaban J connectivity index is 2.49. The molecule has 1 aromatic rings. The molecule has 1 unspecified atom stereocenters. The van der Waals surface area contributed by atoms with E-state index < -0.39 is 5.91 Å². The van der Waals surface area contributed by atoms with Crippen molar-refractivity contribution in [2.24, 2.45) is 11.7 Å². The third-order valence-corrected chi connectivity index (χ3v) is 2.90. The molecule has 0 saturated carbocycles. The maximum absolute atomic E-state index is 10.5. The molecule has 0 fully saturated rings. The number of nitrogens with one attached hydrogen (secondary N) is 1. The van der Waals surface area contributed by atoms with Crippen LogP contribution in [-0.2, 0) is 9.63 Å². The van der Waals surface area contributed by atoms with Crippen LogP contribution >= 0.6 is 11.3 Å². The van der Waals surface area contributed by atoms with Gasteiger partial charge in [0.05, 0.1) is 6.04 Å². The molecule has 0 spiro atoms. The highest BCUT2D eigenvalue weighted by Gasteiger charge is 2.16. The van der Waals surface area contributed by atoms with E-state index in [1.54, 1.807) is 11.3 Å². The summed E-state index contributed by atoms with van der Waals surface area (Å²) in [5.74, 6) is -0.0901. The Morgan fingerprint density at radius 3 is 2.87 bits per heavy atom. The van der Waals surface area contributed by atoms with Crippen molar-refractivity contribution in [3.05, 3.63) is 22.4 Å². The minimum atomic E-state index is -0.476. The number of hydroxylamine groups is 1. The largest absolute Gasteiger partial charge is 0.368 e. The lowest BCUT2D eigenvalue weighted by molar-refractivity contribution is -0.126. The van der Waals surface area contributed by atoms with Gasteiger partial charge >= 0.3 is 0 Å². The van der Waals surface area contributed by atoms with E-state index in [0.717, 1.165) is 0 Å². The summed E-state index contributed by atoms with van der Waals surface area (Å²) in [7, 11) is 0. The second-order valence-electron chi connectivity index (χ2n) is 3.61. The highest BCUT2D eigenvalue weighted by Crippen LogP contribution is 2.25. The van der Waals surface area contributed by atoms with Crippen LogP contribution in [0.4, 0.5) is 0 Å². The van der Waals surface area contributed by atoms with Crippen molar-refractivity contribution < 1.29 is 9.63 Å². The first-order valence-electron chi connectivity index (χ1n) is 4.80. The fraction of sp³-hybridized carbons (Fsp3) is 0.500. The Labute approximate surface area is 93.4 Å². The van der Waals surface area contributed by atoms with E-state index in [2.05, 4.69) is 19.3 Å². The lowest BCUT2D eigenvalue weighted by atomic mass is 10.0. The minimum Gasteiger partial charge on any atom is -0.368 e. The minimum absolute atomic E-state index is 0.101. The van der Waals surface area contributed by atoms with Crippen LogP contribution in [-0.4, -0.2) is 12.5 Å². The molecule has 0 bridgehead atoms. The summed E-state index contributed by atoms with van der Waals surface area (Å²) in [6, 6.07) is 4.13. The van der Waals surface area contributed by atoms with Crippen LogP contribution in [0.1, 0.15) is 24.8 Å². The summed E-state index contributed by atoms with van der Waals surface area (Å²) in [5.41, 5.74) is 7.83. The summed E-state index contributed by atoms with van der Waals surface area (Å²) < 4.78 is 0. The van der Waals surface area contributed by atoms with Crippen LogP contribution < -0.4 is 11.2 Å². The predicted octanol–water partition coefficient (Wildman–Crippen LogP) is 1.45. The number of amides is 1. The van der Waals surface area contributed by atoms with E-state index in [-0.39, 0.29) is 12.6 Å². The molecule has 1 amide bonds. The van der Waals surface area contributed by atoms with E-state index in [4.69, 9.17) is 10.6 Å². The van der Waals surface area contributed by atoms with Gasteiger partial charge in [-0.3, -0.25) is 9.63 Å². The summed E-state index contributed by atoms with van der Waals surface area (Å²) in [4.78, 5) is 16.7. The van der Waals surface area contributed by atoms with Crippen LogP contribution in [0.5, 0.6) is 0 Å². The number of carbonyl (C=O) groups is 1. The molecule has 84 valence electrons. The fourth-order valence-corrected chi connectivity index (χ4v) is 2.13. The van der Waals surface area contributed by atoms with Gasteiger partial charge in [-0.1, -0.05) is 19.9 Å². The van der Waals surface area contributed by atoms with Crippen molar-refractivity contribution in [3.8, 4) is 0 Å². The lowest BCUT2D eigenvalue weighted by Crippen LogP contribution is -2.30. The Hall–Kier alpha value is -0.910. The van der Waals surface area contributed by atoms with Gasteiger partial charge in [-0.05, 0) is 17.4 Å². The van der Waals surface area contributed by atoms with Crippen LogP contribution in [0.2, 0.25) is 0 Å². The number of nitrogens with two attached hydrogens (primary N) is 1. The van der Waals surface area contributed by atoms with Gasteiger partial charge in [-0.15, -0.1) is 11.3 Å². The standard InChI is InChI=1S/C10H16N2O2S/c1-7(2)10(8-4-3-5-15-8)12-14-6-9(11)13/h3-5,7,10,12H,6H2,1-2H3,(H2,11,13). The Kier molecular flexibility index (Phi) is 4.74. The molecule has 0 radical (unpaired) electrons. The first-order valence-corrected chi connectivity index (χ1v) is 5.68. The zero-order valence-electron chi connectivity index (χ0n) is 8.90. The van der Waals surface area contributed by atoms with Gasteiger partial charge in [0, 0.05) is 4.88 Å². The highest BCUT2D eigenvalue weighted by molar-refractivity contribution is 7.10. The van der Waals surface area contributed by atoms with Crippen molar-refractivity contribution in [3.63, 3.8) is 0 Å². The smallest absolute Gasteiger partial charge is 0.245 e. The van der Waals surface area contributed by atoms with Gasteiger partial charge in [-0.25, -0.2) is 0 Å². The molecule has 1 aromatic heterocycles. The molecule has 0 aliphatic heterocycles. The molecule has 1 rings (SSSR count). The van der Waals surface area contributed by atoms with E-state index in [1.807, 2.05) is 17.5 Å². The third kappa shape index (κ3) is 3.99. The normalized spacial score (nSPS) is 13.0. The average Bonchev–Trinajstić information content (AvgIpc) is 2.63. The predicted molar refractivity (Wildman–Crippen MR) is 60.2 cm³/mol. The zero-order chi connectivity index (χ0) is 11.3. The van der Waals surface area contributed by atoms with Gasteiger partial charge < -0.3 is 5.73 Å². The molecule has 0 aromatic carbocycles. The fourth-order valence-electron chi connectivity index (χ4n) is 1.19. The molecule has 0 aliphatic carbocycles. The van der Waals surface area contributed by atoms with Crippen molar-refractivity contribution in [2.75, 3.05) is 6.61 Å². The summed E-state index contributed by atoms with van der Waals surface area (Å²) >= 11 is 1.66. The SMILES string of the molecule is CC(C)C(NOCC(N)=O)c1cccs1. The van der Waals surface area contributed by atoms with Crippen LogP contribution in [0.3, 0.4) is 0 Å². The van der Waals surface area contributed by atoms with Crippen LogP contribution in [0, 0.1) is 5.92 Å². The molecule has 0 saturated heterocycles. The quantitative estimate of drug-likeness (QED) is 0.724. The Morgan fingerprint density at radius 1 is 1.67 bits per heavy atom. The molecule has 5 heteroatoms. The second kappa shape index (κ2) is 5.85. The number of rotatable bonds is 6. The van der Waals surface area contributed by atoms with Crippen LogP contribution in [0.25, 0.3) is 0 Å². The van der Waals surface area contributed by atoms with E-state index >= 15 is 0 Å². The van der Waals surface area contributed by atoms with E-state index in [0.29, 0.717) is 5.92 Å². The first-order chi connectivity index (χ1) is 7.11. The molecular weight excluding hydrogens is 212 g/mol. The summed E-state index contributed by atoms with van der Waals surface area (Å²) in [6.45, 7) is 4.07.